The third-order valence-corrected chi connectivity index (χ3v) is 7.38. The first-order valence-electron chi connectivity index (χ1n) is 8.46. The summed E-state index contributed by atoms with van der Waals surface area (Å²) in [5, 5.41) is -0.584. The van der Waals surface area contributed by atoms with Gasteiger partial charge in [-0.25, -0.2) is 12.8 Å². The maximum Gasteiger partial charge on any atom is 0.279 e. The molecule has 5 nitrogen and oxygen atoms in total. The van der Waals surface area contributed by atoms with Gasteiger partial charge in [-0.05, 0) is 57.2 Å². The zero-order chi connectivity index (χ0) is 19.8. The molecule has 3 rings (SSSR count). The molecule has 27 heavy (non-hydrogen) atoms. The Hall–Kier alpha value is -2.32. The van der Waals surface area contributed by atoms with Crippen LogP contribution >= 0.6 is 11.3 Å². The number of hydrogen-bond donors (Lipinski definition) is 0. The summed E-state index contributed by atoms with van der Waals surface area (Å²) in [6.07, 6.45) is 0. The van der Waals surface area contributed by atoms with Crippen LogP contribution < -0.4 is 4.80 Å². The molecule has 0 spiro atoms. The Bertz CT molecular complexity index is 1190. The Morgan fingerprint density at radius 1 is 1.22 bits per heavy atom. The summed E-state index contributed by atoms with van der Waals surface area (Å²) < 4.78 is 40.7. The van der Waals surface area contributed by atoms with Crippen molar-refractivity contribution in [1.29, 1.82) is 0 Å². The van der Waals surface area contributed by atoms with Gasteiger partial charge in [-0.1, -0.05) is 17.4 Å². The molecule has 0 saturated heterocycles. The van der Waals surface area contributed by atoms with Crippen molar-refractivity contribution in [2.75, 3.05) is 0 Å². The average Bonchev–Trinajstić information content (AvgIpc) is 2.97. The Balaban J connectivity index is 2.09. The summed E-state index contributed by atoms with van der Waals surface area (Å²) in [5.74, 6) is -0.887. The van der Waals surface area contributed by atoms with Gasteiger partial charge in [0.15, 0.2) is 14.6 Å². The summed E-state index contributed by atoms with van der Waals surface area (Å²) in [6, 6.07) is 10.3. The van der Waals surface area contributed by atoms with Crippen molar-refractivity contribution in [3.8, 4) is 0 Å². The van der Waals surface area contributed by atoms with E-state index < -0.39 is 21.0 Å². The van der Waals surface area contributed by atoms with E-state index in [1.54, 1.807) is 19.9 Å². The molecule has 0 aliphatic carbocycles. The van der Waals surface area contributed by atoms with Crippen LogP contribution in [0, 0.1) is 5.82 Å². The average molecular weight is 407 g/mol. The number of carbonyl (C=O) groups excluding carboxylic acids is 1. The first kappa shape index (κ1) is 19.4. The minimum absolute atomic E-state index is 0.0975. The lowest BCUT2D eigenvalue weighted by molar-refractivity contribution is 0.0997. The van der Waals surface area contributed by atoms with Gasteiger partial charge in [0.2, 0.25) is 0 Å². The van der Waals surface area contributed by atoms with Crippen molar-refractivity contribution in [2.24, 2.45) is 4.99 Å². The molecule has 0 unspecified atom stereocenters. The number of halogens is 1. The van der Waals surface area contributed by atoms with E-state index in [1.807, 2.05) is 11.5 Å². The minimum atomic E-state index is -3.48. The molecular formula is C19H19FN2O3S2. The smallest absolute Gasteiger partial charge is 0.279 e. The van der Waals surface area contributed by atoms with Crippen LogP contribution in [0.4, 0.5) is 4.39 Å². The highest BCUT2D eigenvalue weighted by molar-refractivity contribution is 7.92. The topological polar surface area (TPSA) is 68.5 Å². The molecule has 0 aliphatic rings. The SMILES string of the molecule is CCn1c(=NC(=O)c2cccc(S(=O)(=O)C(C)C)c2)sc2cc(F)ccc21. The van der Waals surface area contributed by atoms with Crippen LogP contribution in [0.2, 0.25) is 0 Å². The molecule has 142 valence electrons. The molecule has 0 N–H and O–H groups in total. The Morgan fingerprint density at radius 3 is 2.63 bits per heavy atom. The van der Waals surface area contributed by atoms with Crippen molar-refractivity contribution < 1.29 is 17.6 Å². The number of rotatable bonds is 4. The summed E-state index contributed by atoms with van der Waals surface area (Å²) in [5.41, 5.74) is 0.995. The van der Waals surface area contributed by atoms with Crippen molar-refractivity contribution in [1.82, 2.24) is 4.57 Å². The highest BCUT2D eigenvalue weighted by atomic mass is 32.2. The third-order valence-electron chi connectivity index (χ3n) is 4.19. The normalized spacial score (nSPS) is 12.9. The van der Waals surface area contributed by atoms with Crippen molar-refractivity contribution in [3.05, 3.63) is 58.6 Å². The fourth-order valence-corrected chi connectivity index (χ4v) is 4.89. The van der Waals surface area contributed by atoms with Crippen LogP contribution in [0.25, 0.3) is 10.2 Å². The molecule has 0 aliphatic heterocycles. The molecule has 1 aromatic heterocycles. The van der Waals surface area contributed by atoms with Crippen LogP contribution in [0.15, 0.2) is 52.4 Å². The van der Waals surface area contributed by atoms with E-state index in [9.17, 15) is 17.6 Å². The molecule has 2 aromatic carbocycles. The lowest BCUT2D eigenvalue weighted by Gasteiger charge is -2.08. The highest BCUT2D eigenvalue weighted by Crippen LogP contribution is 2.20. The number of aromatic nitrogens is 1. The quantitative estimate of drug-likeness (QED) is 0.662. The number of thiazole rings is 1. The van der Waals surface area contributed by atoms with E-state index in [2.05, 4.69) is 4.99 Å². The molecular weight excluding hydrogens is 387 g/mol. The van der Waals surface area contributed by atoms with E-state index in [-0.39, 0.29) is 16.3 Å². The zero-order valence-corrected chi connectivity index (χ0v) is 16.8. The van der Waals surface area contributed by atoms with Crippen molar-refractivity contribution in [2.45, 2.75) is 37.5 Å². The molecule has 0 atom stereocenters. The standard InChI is InChI=1S/C19H19FN2O3S2/c1-4-22-16-9-8-14(20)11-17(16)26-19(22)21-18(23)13-6-5-7-15(10-13)27(24,25)12(2)3/h5-12H,4H2,1-3H3. The Kier molecular flexibility index (Phi) is 5.30. The fourth-order valence-electron chi connectivity index (χ4n) is 2.67. The van der Waals surface area contributed by atoms with Crippen LogP contribution in [0.3, 0.4) is 0 Å². The number of aryl methyl sites for hydroxylation is 1. The van der Waals surface area contributed by atoms with Gasteiger partial charge in [0, 0.05) is 12.1 Å². The van der Waals surface area contributed by atoms with E-state index in [0.717, 1.165) is 5.52 Å². The molecule has 0 bridgehead atoms. The van der Waals surface area contributed by atoms with Gasteiger partial charge in [0.25, 0.3) is 5.91 Å². The number of sulfone groups is 1. The monoisotopic (exact) mass is 406 g/mol. The number of carbonyl (C=O) groups is 1. The van der Waals surface area contributed by atoms with Gasteiger partial charge < -0.3 is 4.57 Å². The number of nitrogens with zero attached hydrogens (tertiary/aromatic N) is 2. The second-order valence-corrected chi connectivity index (χ2v) is 9.79. The molecule has 3 aromatic rings. The van der Waals surface area contributed by atoms with Crippen molar-refractivity contribution in [3.63, 3.8) is 0 Å². The van der Waals surface area contributed by atoms with Gasteiger partial charge in [0.1, 0.15) is 5.82 Å². The van der Waals surface area contributed by atoms with Gasteiger partial charge in [0.05, 0.1) is 20.4 Å². The summed E-state index contributed by atoms with van der Waals surface area (Å²) >= 11 is 1.22. The van der Waals surface area contributed by atoms with Crippen LogP contribution in [-0.2, 0) is 16.4 Å². The van der Waals surface area contributed by atoms with E-state index in [4.69, 9.17) is 0 Å². The summed E-state index contributed by atoms with van der Waals surface area (Å²) in [4.78, 5) is 17.3. The van der Waals surface area contributed by atoms with Crippen molar-refractivity contribution >= 4 is 37.3 Å². The van der Waals surface area contributed by atoms with Gasteiger partial charge >= 0.3 is 0 Å². The molecule has 8 heteroatoms. The molecule has 0 fully saturated rings. The first-order chi connectivity index (χ1) is 12.7. The number of benzene rings is 2. The zero-order valence-electron chi connectivity index (χ0n) is 15.1. The Labute approximate surface area is 160 Å². The number of fused-ring (bicyclic) bond motifs is 1. The predicted molar refractivity (Wildman–Crippen MR) is 104 cm³/mol. The fraction of sp³-hybridized carbons (Fsp3) is 0.263. The summed E-state index contributed by atoms with van der Waals surface area (Å²) in [6.45, 7) is 5.66. The number of hydrogen-bond acceptors (Lipinski definition) is 4. The van der Waals surface area contributed by atoms with E-state index in [0.29, 0.717) is 16.0 Å². The lowest BCUT2D eigenvalue weighted by Crippen LogP contribution is -2.17. The summed E-state index contributed by atoms with van der Waals surface area (Å²) in [7, 11) is -3.48. The second kappa shape index (κ2) is 7.36. The van der Waals surface area contributed by atoms with Crippen LogP contribution in [0.5, 0.6) is 0 Å². The van der Waals surface area contributed by atoms with Gasteiger partial charge in [-0.15, -0.1) is 0 Å². The Morgan fingerprint density at radius 2 is 1.96 bits per heavy atom. The lowest BCUT2D eigenvalue weighted by atomic mass is 10.2. The highest BCUT2D eigenvalue weighted by Gasteiger charge is 2.20. The predicted octanol–water partition coefficient (Wildman–Crippen LogP) is 3.79. The van der Waals surface area contributed by atoms with Gasteiger partial charge in [-0.3, -0.25) is 4.79 Å². The van der Waals surface area contributed by atoms with E-state index in [1.165, 1.54) is 47.7 Å². The molecule has 1 amide bonds. The maximum atomic E-state index is 13.5. The molecule has 0 saturated carbocycles. The molecule has 1 heterocycles. The molecule has 0 radical (unpaired) electrons. The van der Waals surface area contributed by atoms with Crippen LogP contribution in [0.1, 0.15) is 31.1 Å². The maximum absolute atomic E-state index is 13.5. The van der Waals surface area contributed by atoms with E-state index >= 15 is 0 Å². The minimum Gasteiger partial charge on any atom is -0.317 e. The number of amides is 1. The third kappa shape index (κ3) is 3.72. The first-order valence-corrected chi connectivity index (χ1v) is 10.8. The largest absolute Gasteiger partial charge is 0.317 e. The van der Waals surface area contributed by atoms with Crippen LogP contribution in [-0.4, -0.2) is 24.1 Å². The van der Waals surface area contributed by atoms with Gasteiger partial charge in [-0.2, -0.15) is 4.99 Å². The second-order valence-electron chi connectivity index (χ2n) is 6.28.